The summed E-state index contributed by atoms with van der Waals surface area (Å²) in [4.78, 5) is 33.0. The molecule has 8 nitrogen and oxygen atoms in total. The van der Waals surface area contributed by atoms with Crippen molar-refractivity contribution in [2.75, 3.05) is 5.32 Å². The zero-order chi connectivity index (χ0) is 21.6. The van der Waals surface area contributed by atoms with E-state index in [1.807, 2.05) is 26.8 Å². The van der Waals surface area contributed by atoms with Gasteiger partial charge in [-0.1, -0.05) is 20.8 Å². The molecule has 8 heteroatoms. The van der Waals surface area contributed by atoms with Crippen LogP contribution in [0, 0.1) is 13.8 Å². The van der Waals surface area contributed by atoms with Crippen LogP contribution in [-0.4, -0.2) is 25.7 Å². The number of aryl methyl sites for hydroxylation is 3. The van der Waals surface area contributed by atoms with Crippen molar-refractivity contribution in [3.05, 3.63) is 56.5 Å². The van der Waals surface area contributed by atoms with Gasteiger partial charge in [0.15, 0.2) is 0 Å². The number of carbonyl (C=O) groups is 1. The van der Waals surface area contributed by atoms with E-state index >= 15 is 0 Å². The molecule has 0 saturated carbocycles. The zero-order valence-electron chi connectivity index (χ0n) is 18.0. The van der Waals surface area contributed by atoms with Gasteiger partial charge in [-0.3, -0.25) is 14.6 Å². The smallest absolute Gasteiger partial charge is 0.260 e. The fourth-order valence-corrected chi connectivity index (χ4v) is 3.73. The topological polar surface area (TPSA) is 106 Å². The molecule has 0 aromatic carbocycles. The number of amides is 1. The van der Waals surface area contributed by atoms with Crippen molar-refractivity contribution in [3.8, 4) is 5.95 Å². The van der Waals surface area contributed by atoms with Gasteiger partial charge in [0.05, 0.1) is 17.0 Å². The Balaban J connectivity index is 1.79. The molecule has 0 radical (unpaired) electrons. The fraction of sp³-hybridized carbons (Fsp3) is 0.455. The lowest BCUT2D eigenvalue weighted by atomic mass is 9.92. The maximum Gasteiger partial charge on any atom is 0.260 e. The lowest BCUT2D eigenvalue weighted by molar-refractivity contribution is 0.102. The highest BCUT2D eigenvalue weighted by Crippen LogP contribution is 2.27. The van der Waals surface area contributed by atoms with E-state index in [0.717, 1.165) is 42.6 Å². The van der Waals surface area contributed by atoms with Crippen molar-refractivity contribution in [3.63, 3.8) is 0 Å². The van der Waals surface area contributed by atoms with Crippen LogP contribution in [0.1, 0.15) is 72.4 Å². The predicted molar refractivity (Wildman–Crippen MR) is 113 cm³/mol. The second-order valence-corrected chi connectivity index (χ2v) is 8.88. The van der Waals surface area contributed by atoms with Gasteiger partial charge in [0, 0.05) is 17.0 Å². The molecule has 0 bridgehead atoms. The fourth-order valence-electron chi connectivity index (χ4n) is 3.73. The molecule has 158 valence electrons. The van der Waals surface area contributed by atoms with Gasteiger partial charge in [0.1, 0.15) is 17.3 Å². The van der Waals surface area contributed by atoms with Gasteiger partial charge in [-0.05, 0) is 45.6 Å². The van der Waals surface area contributed by atoms with E-state index in [2.05, 4.69) is 20.4 Å². The van der Waals surface area contributed by atoms with Crippen LogP contribution in [0.25, 0.3) is 5.95 Å². The SMILES string of the molecule is Cc1cc(C(=O)Nc2cc(C(C)(C)C)nn2-c2nc3c(c(=O)[nH]2)CCCC3)c(C)o1. The summed E-state index contributed by atoms with van der Waals surface area (Å²) in [6.07, 6.45) is 3.53. The lowest BCUT2D eigenvalue weighted by Crippen LogP contribution is -2.25. The highest BCUT2D eigenvalue weighted by atomic mass is 16.3. The molecular weight excluding hydrogens is 382 g/mol. The number of rotatable bonds is 3. The maximum absolute atomic E-state index is 12.9. The van der Waals surface area contributed by atoms with Crippen LogP contribution in [0.2, 0.25) is 0 Å². The molecule has 1 aliphatic carbocycles. The number of aromatic nitrogens is 4. The standard InChI is InChI=1S/C22H27N5O3/c1-12-10-15(13(2)30-12)20(29)24-18-11-17(22(3,4)5)26-27(18)21-23-16-9-7-6-8-14(16)19(28)25-21/h10-11H,6-9H2,1-5H3,(H,24,29)(H,23,25,28). The third kappa shape index (κ3) is 3.69. The van der Waals surface area contributed by atoms with E-state index in [0.29, 0.717) is 28.9 Å². The first-order valence-corrected chi connectivity index (χ1v) is 10.2. The average Bonchev–Trinajstić information content (AvgIpc) is 3.24. The minimum atomic E-state index is -0.300. The second-order valence-electron chi connectivity index (χ2n) is 8.88. The highest BCUT2D eigenvalue weighted by Gasteiger charge is 2.25. The number of furan rings is 1. The summed E-state index contributed by atoms with van der Waals surface area (Å²) in [7, 11) is 0. The highest BCUT2D eigenvalue weighted by molar-refractivity contribution is 6.04. The van der Waals surface area contributed by atoms with Crippen LogP contribution >= 0.6 is 0 Å². The monoisotopic (exact) mass is 409 g/mol. The Morgan fingerprint density at radius 3 is 2.60 bits per heavy atom. The summed E-state index contributed by atoms with van der Waals surface area (Å²) >= 11 is 0. The second kappa shape index (κ2) is 7.27. The number of hydrogen-bond acceptors (Lipinski definition) is 5. The van der Waals surface area contributed by atoms with Gasteiger partial charge >= 0.3 is 0 Å². The van der Waals surface area contributed by atoms with Crippen molar-refractivity contribution in [1.29, 1.82) is 0 Å². The number of nitrogens with one attached hydrogen (secondary N) is 2. The summed E-state index contributed by atoms with van der Waals surface area (Å²) < 4.78 is 6.99. The summed E-state index contributed by atoms with van der Waals surface area (Å²) in [5.41, 5.74) is 2.42. The summed E-state index contributed by atoms with van der Waals surface area (Å²) in [6, 6.07) is 3.52. The quantitative estimate of drug-likeness (QED) is 0.688. The van der Waals surface area contributed by atoms with Crippen LogP contribution in [0.3, 0.4) is 0 Å². The van der Waals surface area contributed by atoms with Gasteiger partial charge in [0.2, 0.25) is 5.95 Å². The average molecular weight is 409 g/mol. The number of carbonyl (C=O) groups excluding carboxylic acids is 1. The molecule has 0 aliphatic heterocycles. The van der Waals surface area contributed by atoms with Crippen molar-refractivity contribution in [1.82, 2.24) is 19.7 Å². The molecule has 0 unspecified atom stereocenters. The predicted octanol–water partition coefficient (Wildman–Crippen LogP) is 3.59. The number of nitrogens with zero attached hydrogens (tertiary/aromatic N) is 3. The molecule has 0 atom stereocenters. The Morgan fingerprint density at radius 1 is 1.20 bits per heavy atom. The molecule has 0 saturated heterocycles. The Bertz CT molecular complexity index is 1180. The number of aromatic amines is 1. The third-order valence-corrected chi connectivity index (χ3v) is 5.38. The molecule has 30 heavy (non-hydrogen) atoms. The first kappa shape index (κ1) is 20.1. The van der Waals surface area contributed by atoms with Gasteiger partial charge in [-0.15, -0.1) is 0 Å². The maximum atomic E-state index is 12.9. The number of hydrogen-bond donors (Lipinski definition) is 2. The Kier molecular flexibility index (Phi) is 4.88. The van der Waals surface area contributed by atoms with Gasteiger partial charge < -0.3 is 9.73 Å². The largest absolute Gasteiger partial charge is 0.466 e. The zero-order valence-corrected chi connectivity index (χ0v) is 18.0. The lowest BCUT2D eigenvalue weighted by Gasteiger charge is -2.16. The number of anilines is 1. The van der Waals surface area contributed by atoms with E-state index < -0.39 is 0 Å². The van der Waals surface area contributed by atoms with Gasteiger partial charge in [-0.25, -0.2) is 4.98 Å². The molecule has 0 fully saturated rings. The summed E-state index contributed by atoms with van der Waals surface area (Å²) in [6.45, 7) is 9.67. The van der Waals surface area contributed by atoms with Crippen LogP contribution in [-0.2, 0) is 18.3 Å². The van der Waals surface area contributed by atoms with Crippen molar-refractivity contribution in [2.24, 2.45) is 0 Å². The van der Waals surface area contributed by atoms with E-state index in [9.17, 15) is 9.59 Å². The molecule has 3 heterocycles. The van der Waals surface area contributed by atoms with E-state index in [1.165, 1.54) is 4.68 Å². The van der Waals surface area contributed by atoms with Crippen LogP contribution in [0.4, 0.5) is 5.82 Å². The summed E-state index contributed by atoms with van der Waals surface area (Å²) in [5.74, 6) is 1.68. The minimum Gasteiger partial charge on any atom is -0.466 e. The van der Waals surface area contributed by atoms with Crippen molar-refractivity contribution < 1.29 is 9.21 Å². The Morgan fingerprint density at radius 2 is 1.93 bits per heavy atom. The van der Waals surface area contributed by atoms with E-state index in [1.54, 1.807) is 19.9 Å². The van der Waals surface area contributed by atoms with Crippen LogP contribution in [0.5, 0.6) is 0 Å². The Labute approximate surface area is 174 Å². The normalized spacial score (nSPS) is 13.9. The molecule has 3 aromatic rings. The minimum absolute atomic E-state index is 0.138. The third-order valence-electron chi connectivity index (χ3n) is 5.38. The molecule has 0 spiro atoms. The molecule has 1 amide bonds. The molecule has 3 aromatic heterocycles. The summed E-state index contributed by atoms with van der Waals surface area (Å²) in [5, 5.41) is 7.57. The Hall–Kier alpha value is -3.16. The molecular formula is C22H27N5O3. The first-order chi connectivity index (χ1) is 14.1. The van der Waals surface area contributed by atoms with Crippen molar-refractivity contribution in [2.45, 2.75) is 65.7 Å². The van der Waals surface area contributed by atoms with Gasteiger partial charge in [0.25, 0.3) is 11.5 Å². The van der Waals surface area contributed by atoms with E-state index in [4.69, 9.17) is 4.42 Å². The molecule has 2 N–H and O–H groups in total. The molecule has 1 aliphatic rings. The number of fused-ring (bicyclic) bond motifs is 1. The molecule has 4 rings (SSSR count). The van der Waals surface area contributed by atoms with Gasteiger partial charge in [-0.2, -0.15) is 9.78 Å². The van der Waals surface area contributed by atoms with E-state index in [-0.39, 0.29) is 16.9 Å². The number of H-pyrrole nitrogens is 1. The van der Waals surface area contributed by atoms with Crippen LogP contribution in [0.15, 0.2) is 21.3 Å². The first-order valence-electron chi connectivity index (χ1n) is 10.2. The van der Waals surface area contributed by atoms with Crippen molar-refractivity contribution >= 4 is 11.7 Å². The van der Waals surface area contributed by atoms with Crippen LogP contribution < -0.4 is 10.9 Å².